The molecule has 0 fully saturated rings. The van der Waals surface area contributed by atoms with E-state index in [-0.39, 0.29) is 5.41 Å². The Bertz CT molecular complexity index is 796. The van der Waals surface area contributed by atoms with Gasteiger partial charge in [-0.05, 0) is 41.3 Å². The lowest BCUT2D eigenvalue weighted by Crippen LogP contribution is -2.12. The normalized spacial score (nSPS) is 12.4. The van der Waals surface area contributed by atoms with E-state index in [9.17, 15) is 13.2 Å². The largest absolute Gasteiger partial charge is 0.297 e. The highest BCUT2D eigenvalue weighted by Crippen LogP contribution is 2.36. The summed E-state index contributed by atoms with van der Waals surface area (Å²) in [5.41, 5.74) is 0.837. The molecule has 1 aromatic heterocycles. The molecule has 0 atom stereocenters. The van der Waals surface area contributed by atoms with Gasteiger partial charge in [0.2, 0.25) is 0 Å². The van der Waals surface area contributed by atoms with Gasteiger partial charge >= 0.3 is 0 Å². The summed E-state index contributed by atoms with van der Waals surface area (Å²) in [6.07, 6.45) is 2.04. The number of hydrogen-bond acceptors (Lipinski definition) is 5. The van der Waals surface area contributed by atoms with Gasteiger partial charge in [-0.25, -0.2) is 8.42 Å². The Morgan fingerprint density at radius 3 is 2.32 bits per heavy atom. The van der Waals surface area contributed by atoms with Crippen molar-refractivity contribution in [3.63, 3.8) is 0 Å². The van der Waals surface area contributed by atoms with Crippen molar-refractivity contribution in [1.29, 1.82) is 0 Å². The van der Waals surface area contributed by atoms with Gasteiger partial charge in [0.15, 0.2) is 16.1 Å². The van der Waals surface area contributed by atoms with Crippen LogP contribution in [-0.2, 0) is 15.3 Å². The maximum absolute atomic E-state index is 11.9. The maximum Gasteiger partial charge on any atom is 0.175 e. The Morgan fingerprint density at radius 2 is 1.82 bits per heavy atom. The lowest BCUT2D eigenvalue weighted by Gasteiger charge is -2.20. The third kappa shape index (κ3) is 4.21. The number of hydrogen-bond donors (Lipinski definition) is 0. The van der Waals surface area contributed by atoms with E-state index in [2.05, 4.69) is 20.8 Å². The summed E-state index contributed by atoms with van der Waals surface area (Å²) in [5, 5.41) is 0. The molecular formula is C16H18O3S3. The number of aldehydes is 1. The summed E-state index contributed by atoms with van der Waals surface area (Å²) >= 11 is 2.88. The molecule has 3 nitrogen and oxygen atoms in total. The van der Waals surface area contributed by atoms with Crippen molar-refractivity contribution >= 4 is 39.2 Å². The number of sulfone groups is 1. The molecule has 0 saturated carbocycles. The lowest BCUT2D eigenvalue weighted by atomic mass is 9.87. The molecule has 0 saturated heterocycles. The fourth-order valence-corrected chi connectivity index (χ4v) is 4.64. The molecule has 1 aromatic carbocycles. The maximum atomic E-state index is 11.9. The highest BCUT2D eigenvalue weighted by Gasteiger charge is 2.19. The van der Waals surface area contributed by atoms with E-state index in [0.717, 1.165) is 21.0 Å². The van der Waals surface area contributed by atoms with Crippen molar-refractivity contribution in [2.24, 2.45) is 0 Å². The van der Waals surface area contributed by atoms with Crippen LogP contribution in [0.1, 0.15) is 36.0 Å². The van der Waals surface area contributed by atoms with Crippen molar-refractivity contribution in [3.05, 3.63) is 40.8 Å². The number of carbonyl (C=O) groups is 1. The molecule has 0 aliphatic rings. The molecule has 0 bridgehead atoms. The van der Waals surface area contributed by atoms with Gasteiger partial charge in [-0.15, -0.1) is 11.3 Å². The third-order valence-corrected chi connectivity index (χ3v) is 6.32. The fourth-order valence-electron chi connectivity index (χ4n) is 1.85. The summed E-state index contributed by atoms with van der Waals surface area (Å²) in [5.74, 6) is 0. The second kappa shape index (κ2) is 6.18. The summed E-state index contributed by atoms with van der Waals surface area (Å²) in [4.78, 5) is 12.6. The van der Waals surface area contributed by atoms with E-state index >= 15 is 0 Å². The first-order chi connectivity index (χ1) is 10.1. The van der Waals surface area contributed by atoms with Gasteiger partial charge in [0.05, 0.1) is 14.0 Å². The predicted molar refractivity (Wildman–Crippen MR) is 92.1 cm³/mol. The Balaban J connectivity index is 2.48. The third-order valence-electron chi connectivity index (χ3n) is 3.11. The first-order valence-corrected chi connectivity index (χ1v) is 10.2. The molecule has 0 aliphatic carbocycles. The number of benzene rings is 1. The molecule has 6 heteroatoms. The van der Waals surface area contributed by atoms with Gasteiger partial charge in [0.25, 0.3) is 0 Å². The van der Waals surface area contributed by atoms with Gasteiger partial charge < -0.3 is 0 Å². The Kier molecular flexibility index (Phi) is 4.84. The summed E-state index contributed by atoms with van der Waals surface area (Å²) in [6, 6.07) is 9.09. The smallest absolute Gasteiger partial charge is 0.175 e. The van der Waals surface area contributed by atoms with E-state index in [0.29, 0.717) is 9.77 Å². The summed E-state index contributed by atoms with van der Waals surface area (Å²) in [6.45, 7) is 6.16. The number of carbonyl (C=O) groups excluding carboxylic acids is 1. The predicted octanol–water partition coefficient (Wildman–Crippen LogP) is 4.41. The van der Waals surface area contributed by atoms with Crippen LogP contribution in [-0.4, -0.2) is 21.0 Å². The summed E-state index contributed by atoms with van der Waals surface area (Å²) < 4.78 is 24.8. The molecule has 0 N–H and O–H groups in total. The minimum absolute atomic E-state index is 0.139. The van der Waals surface area contributed by atoms with Gasteiger partial charge in [-0.1, -0.05) is 32.5 Å². The standard InChI is InChI=1S/C16H18O3S3/c1-16(2,3)11-7-13(9-14(8-11)22(4,18)19)21-15-6-5-12(10-17)20-15/h5-10H,1-4H3. The monoisotopic (exact) mass is 354 g/mol. The average molecular weight is 355 g/mol. The van der Waals surface area contributed by atoms with Crippen molar-refractivity contribution in [3.8, 4) is 0 Å². The molecule has 0 unspecified atom stereocenters. The van der Waals surface area contributed by atoms with Crippen LogP contribution in [0.3, 0.4) is 0 Å². The average Bonchev–Trinajstić information content (AvgIpc) is 2.84. The zero-order valence-electron chi connectivity index (χ0n) is 12.9. The topological polar surface area (TPSA) is 51.2 Å². The molecule has 22 heavy (non-hydrogen) atoms. The SMILES string of the molecule is CC(C)(C)c1cc(Sc2ccc(C=O)s2)cc(S(C)(=O)=O)c1. The molecule has 0 spiro atoms. The Hall–Kier alpha value is -1.11. The molecule has 2 rings (SSSR count). The van der Waals surface area contributed by atoms with Crippen molar-refractivity contribution in [2.45, 2.75) is 40.2 Å². The molecule has 118 valence electrons. The minimum atomic E-state index is -3.27. The highest BCUT2D eigenvalue weighted by molar-refractivity contribution is 8.01. The molecule has 1 heterocycles. The van der Waals surface area contributed by atoms with Crippen LogP contribution in [0.5, 0.6) is 0 Å². The zero-order chi connectivity index (χ0) is 16.5. The van der Waals surface area contributed by atoms with Crippen molar-refractivity contribution in [2.75, 3.05) is 6.26 Å². The van der Waals surface area contributed by atoms with Crippen LogP contribution in [0.2, 0.25) is 0 Å². The lowest BCUT2D eigenvalue weighted by molar-refractivity contribution is 0.112. The van der Waals surface area contributed by atoms with E-state index in [4.69, 9.17) is 0 Å². The molecule has 0 aliphatic heterocycles. The molecule has 2 aromatic rings. The van der Waals surface area contributed by atoms with Crippen LogP contribution in [0.15, 0.2) is 44.3 Å². The molecule has 0 amide bonds. The Labute approximate surface area is 139 Å². The first-order valence-electron chi connectivity index (χ1n) is 6.68. The van der Waals surface area contributed by atoms with Crippen molar-refractivity contribution in [1.82, 2.24) is 0 Å². The zero-order valence-corrected chi connectivity index (χ0v) is 15.4. The first kappa shape index (κ1) is 17.2. The van der Waals surface area contributed by atoms with Gasteiger partial charge in [0, 0.05) is 11.2 Å². The van der Waals surface area contributed by atoms with Gasteiger partial charge in [-0.2, -0.15) is 0 Å². The molecule has 0 radical (unpaired) electrons. The van der Waals surface area contributed by atoms with E-state index < -0.39 is 9.84 Å². The van der Waals surface area contributed by atoms with E-state index in [1.165, 1.54) is 29.4 Å². The Morgan fingerprint density at radius 1 is 1.14 bits per heavy atom. The van der Waals surface area contributed by atoms with Crippen molar-refractivity contribution < 1.29 is 13.2 Å². The fraction of sp³-hybridized carbons (Fsp3) is 0.312. The van der Waals surface area contributed by atoms with Gasteiger partial charge in [-0.3, -0.25) is 4.79 Å². The van der Waals surface area contributed by atoms with Crippen LogP contribution in [0.25, 0.3) is 0 Å². The van der Waals surface area contributed by atoms with Crippen LogP contribution in [0.4, 0.5) is 0 Å². The van der Waals surface area contributed by atoms with Gasteiger partial charge in [0.1, 0.15) is 0 Å². The van der Waals surface area contributed by atoms with Crippen LogP contribution < -0.4 is 0 Å². The van der Waals surface area contributed by atoms with E-state index in [1.807, 2.05) is 12.1 Å². The van der Waals surface area contributed by atoms with Crippen LogP contribution >= 0.6 is 23.1 Å². The number of thiophene rings is 1. The highest BCUT2D eigenvalue weighted by atomic mass is 32.2. The second-order valence-corrected chi connectivity index (χ2v) is 10.6. The van der Waals surface area contributed by atoms with E-state index in [1.54, 1.807) is 18.2 Å². The summed E-state index contributed by atoms with van der Waals surface area (Å²) in [7, 11) is -3.27. The van der Waals surface area contributed by atoms with Crippen LogP contribution in [0, 0.1) is 0 Å². The minimum Gasteiger partial charge on any atom is -0.297 e. The molecular weight excluding hydrogens is 336 g/mol. The second-order valence-electron chi connectivity index (χ2n) is 6.09. The quantitative estimate of drug-likeness (QED) is 0.763. The number of rotatable bonds is 4.